The van der Waals surface area contributed by atoms with Crippen molar-refractivity contribution in [1.82, 2.24) is 15.5 Å². The van der Waals surface area contributed by atoms with Gasteiger partial charge in [0.05, 0.1) is 19.2 Å². The first-order valence-corrected chi connectivity index (χ1v) is 10.6. The van der Waals surface area contributed by atoms with Crippen molar-refractivity contribution < 1.29 is 18.3 Å². The summed E-state index contributed by atoms with van der Waals surface area (Å²) in [6.45, 7) is 9.82. The number of benzene rings is 1. The van der Waals surface area contributed by atoms with Crippen molar-refractivity contribution in [2.75, 3.05) is 39.3 Å². The van der Waals surface area contributed by atoms with Gasteiger partial charge in [-0.2, -0.15) is 13.2 Å². The molecule has 1 fully saturated rings. The van der Waals surface area contributed by atoms with Gasteiger partial charge >= 0.3 is 6.18 Å². The number of likely N-dealkylation sites (tertiary alicyclic amines) is 1. The van der Waals surface area contributed by atoms with Crippen LogP contribution in [0.15, 0.2) is 29.3 Å². The normalized spacial score (nSPS) is 19.7. The highest BCUT2D eigenvalue weighted by atomic mass is 19.4. The molecule has 1 aliphatic rings. The van der Waals surface area contributed by atoms with E-state index < -0.39 is 18.8 Å². The molecular weight excluding hydrogens is 393 g/mol. The van der Waals surface area contributed by atoms with Crippen molar-refractivity contribution in [2.24, 2.45) is 10.9 Å². The van der Waals surface area contributed by atoms with Gasteiger partial charge in [0.25, 0.3) is 0 Å². The molecule has 0 bridgehead atoms. The number of halogens is 3. The highest BCUT2D eigenvalue weighted by Gasteiger charge is 2.34. The van der Waals surface area contributed by atoms with Crippen molar-refractivity contribution in [3.63, 3.8) is 0 Å². The third kappa shape index (κ3) is 8.14. The Labute approximate surface area is 177 Å². The monoisotopic (exact) mass is 428 g/mol. The maximum absolute atomic E-state index is 12.5. The predicted octanol–water partition coefficient (Wildman–Crippen LogP) is 3.46. The first-order valence-electron chi connectivity index (χ1n) is 10.6. The fourth-order valence-corrected chi connectivity index (χ4v) is 3.55. The summed E-state index contributed by atoms with van der Waals surface area (Å²) in [5, 5.41) is 16.8. The summed E-state index contributed by atoms with van der Waals surface area (Å²) < 4.78 is 37.6. The SMILES string of the molecule is CCNC(=NCC(O)c1ccc(C(C)(C)C)cc1)NCC1CCN(CC(F)(F)F)C1. The van der Waals surface area contributed by atoms with Crippen LogP contribution in [-0.4, -0.2) is 61.4 Å². The van der Waals surface area contributed by atoms with Crippen molar-refractivity contribution in [2.45, 2.75) is 51.8 Å². The third-order valence-electron chi connectivity index (χ3n) is 5.26. The smallest absolute Gasteiger partial charge is 0.386 e. The number of aliphatic hydroxyl groups excluding tert-OH is 1. The highest BCUT2D eigenvalue weighted by molar-refractivity contribution is 5.79. The Morgan fingerprint density at radius 3 is 2.43 bits per heavy atom. The number of guanidine groups is 1. The van der Waals surface area contributed by atoms with E-state index in [1.165, 1.54) is 10.5 Å². The fourth-order valence-electron chi connectivity index (χ4n) is 3.55. The number of nitrogens with zero attached hydrogens (tertiary/aromatic N) is 2. The third-order valence-corrected chi connectivity index (χ3v) is 5.26. The van der Waals surface area contributed by atoms with E-state index in [1.807, 2.05) is 31.2 Å². The van der Waals surface area contributed by atoms with Gasteiger partial charge in [0.15, 0.2) is 5.96 Å². The van der Waals surface area contributed by atoms with Crippen molar-refractivity contribution >= 4 is 5.96 Å². The molecule has 1 saturated heterocycles. The van der Waals surface area contributed by atoms with E-state index in [4.69, 9.17) is 0 Å². The zero-order valence-corrected chi connectivity index (χ0v) is 18.4. The lowest BCUT2D eigenvalue weighted by Crippen LogP contribution is -2.41. The predicted molar refractivity (Wildman–Crippen MR) is 115 cm³/mol. The molecule has 0 saturated carbocycles. The first kappa shape index (κ1) is 24.5. The van der Waals surface area contributed by atoms with Crippen LogP contribution < -0.4 is 10.6 Å². The van der Waals surface area contributed by atoms with E-state index in [0.717, 1.165) is 12.0 Å². The van der Waals surface area contributed by atoms with Crippen LogP contribution in [0.25, 0.3) is 0 Å². The van der Waals surface area contributed by atoms with Crippen LogP contribution in [0.5, 0.6) is 0 Å². The zero-order chi connectivity index (χ0) is 22.4. The average molecular weight is 429 g/mol. The summed E-state index contributed by atoms with van der Waals surface area (Å²) in [7, 11) is 0. The van der Waals surface area contributed by atoms with E-state index >= 15 is 0 Å². The Morgan fingerprint density at radius 1 is 1.20 bits per heavy atom. The van der Waals surface area contributed by atoms with Crippen LogP contribution in [0.3, 0.4) is 0 Å². The van der Waals surface area contributed by atoms with Crippen molar-refractivity contribution in [1.29, 1.82) is 0 Å². The molecule has 1 aromatic rings. The van der Waals surface area contributed by atoms with Gasteiger partial charge in [0, 0.05) is 19.6 Å². The van der Waals surface area contributed by atoms with Crippen LogP contribution in [-0.2, 0) is 5.41 Å². The molecule has 1 heterocycles. The van der Waals surface area contributed by atoms with Gasteiger partial charge in [0.2, 0.25) is 0 Å². The van der Waals surface area contributed by atoms with Gasteiger partial charge in [0.1, 0.15) is 0 Å². The van der Waals surface area contributed by atoms with Crippen LogP contribution in [0, 0.1) is 5.92 Å². The summed E-state index contributed by atoms with van der Waals surface area (Å²) in [5.74, 6) is 0.711. The van der Waals surface area contributed by atoms with E-state index in [2.05, 4.69) is 36.4 Å². The number of hydrogen-bond donors (Lipinski definition) is 3. The van der Waals surface area contributed by atoms with E-state index in [1.54, 1.807) is 0 Å². The molecule has 5 nitrogen and oxygen atoms in total. The summed E-state index contributed by atoms with van der Waals surface area (Å²) in [6.07, 6.45) is -4.14. The number of nitrogens with one attached hydrogen (secondary N) is 2. The molecule has 1 aliphatic heterocycles. The van der Waals surface area contributed by atoms with Crippen LogP contribution in [0.1, 0.15) is 51.3 Å². The Bertz CT molecular complexity index is 683. The van der Waals surface area contributed by atoms with E-state index in [-0.39, 0.29) is 17.9 Å². The minimum atomic E-state index is -4.15. The second-order valence-corrected chi connectivity index (χ2v) is 8.99. The minimum Gasteiger partial charge on any atom is -0.386 e. The number of alkyl halides is 3. The molecule has 2 rings (SSSR count). The van der Waals surface area contributed by atoms with Gasteiger partial charge < -0.3 is 15.7 Å². The average Bonchev–Trinajstić information content (AvgIpc) is 3.08. The van der Waals surface area contributed by atoms with Gasteiger partial charge in [-0.25, -0.2) is 0 Å². The Balaban J connectivity index is 1.86. The van der Waals surface area contributed by atoms with Crippen LogP contribution in [0.2, 0.25) is 0 Å². The molecule has 170 valence electrons. The van der Waals surface area contributed by atoms with E-state index in [0.29, 0.717) is 32.1 Å². The highest BCUT2D eigenvalue weighted by Crippen LogP contribution is 2.24. The van der Waals surface area contributed by atoms with E-state index in [9.17, 15) is 18.3 Å². The Morgan fingerprint density at radius 2 is 1.87 bits per heavy atom. The maximum atomic E-state index is 12.5. The molecular formula is C22H35F3N4O. The number of hydrogen-bond acceptors (Lipinski definition) is 3. The quantitative estimate of drug-likeness (QED) is 0.460. The number of aliphatic hydroxyl groups is 1. The molecule has 0 spiro atoms. The maximum Gasteiger partial charge on any atom is 0.401 e. The molecule has 0 radical (unpaired) electrons. The summed E-state index contributed by atoms with van der Waals surface area (Å²) >= 11 is 0. The summed E-state index contributed by atoms with van der Waals surface area (Å²) in [4.78, 5) is 5.90. The van der Waals surface area contributed by atoms with Gasteiger partial charge in [-0.1, -0.05) is 45.0 Å². The topological polar surface area (TPSA) is 59.9 Å². The lowest BCUT2D eigenvalue weighted by molar-refractivity contribution is -0.143. The first-order chi connectivity index (χ1) is 14.0. The van der Waals surface area contributed by atoms with Gasteiger partial charge in [-0.05, 0) is 42.3 Å². The molecule has 3 N–H and O–H groups in total. The Kier molecular flexibility index (Phi) is 8.55. The lowest BCUT2D eigenvalue weighted by Gasteiger charge is -2.20. The summed E-state index contributed by atoms with van der Waals surface area (Å²) in [6, 6.07) is 7.90. The second-order valence-electron chi connectivity index (χ2n) is 8.99. The molecule has 2 atom stereocenters. The molecule has 30 heavy (non-hydrogen) atoms. The fraction of sp³-hybridized carbons (Fsp3) is 0.682. The van der Waals surface area contributed by atoms with Gasteiger partial charge in [-0.3, -0.25) is 9.89 Å². The van der Waals surface area contributed by atoms with Crippen molar-refractivity contribution in [3.8, 4) is 0 Å². The lowest BCUT2D eigenvalue weighted by atomic mass is 9.86. The van der Waals surface area contributed by atoms with Crippen LogP contribution >= 0.6 is 0 Å². The minimum absolute atomic E-state index is 0.0552. The molecule has 0 aromatic heterocycles. The second kappa shape index (κ2) is 10.5. The molecule has 1 aromatic carbocycles. The zero-order valence-electron chi connectivity index (χ0n) is 18.4. The molecule has 8 heteroatoms. The van der Waals surface area contributed by atoms with Crippen molar-refractivity contribution in [3.05, 3.63) is 35.4 Å². The van der Waals surface area contributed by atoms with Gasteiger partial charge in [-0.15, -0.1) is 0 Å². The molecule has 0 amide bonds. The summed E-state index contributed by atoms with van der Waals surface area (Å²) in [5.41, 5.74) is 2.06. The number of aliphatic imine (C=N–C) groups is 1. The number of rotatable bonds is 7. The molecule has 0 aliphatic carbocycles. The largest absolute Gasteiger partial charge is 0.401 e. The molecule has 2 unspecified atom stereocenters. The Hall–Kier alpha value is -1.80. The van der Waals surface area contributed by atoms with Crippen LogP contribution in [0.4, 0.5) is 13.2 Å². The standard InChI is InChI=1S/C22H35F3N4O/c1-5-26-20(27-12-16-10-11-29(14-16)15-22(23,24)25)28-13-19(30)17-6-8-18(9-7-17)21(2,3)4/h6-9,16,19,30H,5,10-15H2,1-4H3,(H2,26,27,28).